The zero-order valence-electron chi connectivity index (χ0n) is 9.66. The van der Waals surface area contributed by atoms with Gasteiger partial charge >= 0.3 is 0 Å². The molecule has 1 aromatic carbocycles. The van der Waals surface area contributed by atoms with Gasteiger partial charge in [-0.05, 0) is 18.2 Å². The van der Waals surface area contributed by atoms with Crippen LogP contribution >= 0.6 is 0 Å². The highest BCUT2D eigenvalue weighted by Gasteiger charge is 2.09. The van der Waals surface area contributed by atoms with E-state index in [1.165, 1.54) is 6.26 Å². The van der Waals surface area contributed by atoms with Crippen molar-refractivity contribution >= 4 is 31.6 Å². The Labute approximate surface area is 104 Å². The van der Waals surface area contributed by atoms with Crippen molar-refractivity contribution in [3.05, 3.63) is 42.7 Å². The van der Waals surface area contributed by atoms with E-state index in [1.54, 1.807) is 30.6 Å². The Balaban J connectivity index is 2.42. The lowest BCUT2D eigenvalue weighted by Crippen LogP contribution is -1.97. The van der Waals surface area contributed by atoms with Crippen LogP contribution in [-0.4, -0.2) is 24.6 Å². The molecule has 3 rings (SSSR count). The molecule has 0 fully saturated rings. The fourth-order valence-electron chi connectivity index (χ4n) is 1.96. The molecular weight excluding hydrogens is 248 g/mol. The third-order valence-electron chi connectivity index (χ3n) is 2.85. The smallest absolute Gasteiger partial charge is 0.175 e. The molecule has 0 radical (unpaired) electrons. The highest BCUT2D eigenvalue weighted by Crippen LogP contribution is 2.24. The molecule has 0 aliphatic heterocycles. The van der Waals surface area contributed by atoms with Crippen LogP contribution in [-0.2, 0) is 9.84 Å². The molecule has 0 aliphatic carbocycles. The maximum atomic E-state index is 11.5. The number of fused-ring (bicyclic) bond motifs is 3. The van der Waals surface area contributed by atoms with Crippen LogP contribution < -0.4 is 0 Å². The quantitative estimate of drug-likeness (QED) is 0.628. The van der Waals surface area contributed by atoms with E-state index in [2.05, 4.69) is 9.97 Å². The number of sulfone groups is 1. The SMILES string of the molecule is CS(=O)(=O)c1ccc2c(c1)ncc1ncccc12. The zero-order chi connectivity index (χ0) is 12.8. The lowest BCUT2D eigenvalue weighted by molar-refractivity contribution is 0.602. The van der Waals surface area contributed by atoms with Gasteiger partial charge in [0.1, 0.15) is 0 Å². The number of aromatic nitrogens is 2. The zero-order valence-corrected chi connectivity index (χ0v) is 10.5. The van der Waals surface area contributed by atoms with Crippen LogP contribution in [0.25, 0.3) is 21.8 Å². The van der Waals surface area contributed by atoms with E-state index in [-0.39, 0.29) is 4.90 Å². The summed E-state index contributed by atoms with van der Waals surface area (Å²) in [4.78, 5) is 8.76. The Morgan fingerprint density at radius 1 is 1.00 bits per heavy atom. The maximum Gasteiger partial charge on any atom is 0.175 e. The predicted octanol–water partition coefficient (Wildman–Crippen LogP) is 2.19. The molecule has 0 atom stereocenters. The highest BCUT2D eigenvalue weighted by atomic mass is 32.2. The van der Waals surface area contributed by atoms with E-state index in [0.29, 0.717) is 5.52 Å². The summed E-state index contributed by atoms with van der Waals surface area (Å²) in [6.07, 6.45) is 4.56. The molecule has 0 saturated heterocycles. The van der Waals surface area contributed by atoms with Gasteiger partial charge in [0.2, 0.25) is 0 Å². The van der Waals surface area contributed by atoms with Crippen LogP contribution in [0.2, 0.25) is 0 Å². The third kappa shape index (κ3) is 1.73. The van der Waals surface area contributed by atoms with E-state index in [9.17, 15) is 8.42 Å². The lowest BCUT2D eigenvalue weighted by Gasteiger charge is -2.04. The van der Waals surface area contributed by atoms with Crippen molar-refractivity contribution in [1.82, 2.24) is 9.97 Å². The fraction of sp³-hybridized carbons (Fsp3) is 0.0769. The van der Waals surface area contributed by atoms with Crippen molar-refractivity contribution in [2.75, 3.05) is 6.26 Å². The van der Waals surface area contributed by atoms with Gasteiger partial charge in [0, 0.05) is 23.2 Å². The summed E-state index contributed by atoms with van der Waals surface area (Å²) in [5.41, 5.74) is 1.47. The molecule has 18 heavy (non-hydrogen) atoms. The maximum absolute atomic E-state index is 11.5. The van der Waals surface area contributed by atoms with Gasteiger partial charge in [-0.15, -0.1) is 0 Å². The second kappa shape index (κ2) is 3.74. The summed E-state index contributed by atoms with van der Waals surface area (Å²) >= 11 is 0. The molecule has 0 spiro atoms. The van der Waals surface area contributed by atoms with Crippen LogP contribution in [0.5, 0.6) is 0 Å². The molecule has 0 aliphatic rings. The first-order valence-electron chi connectivity index (χ1n) is 5.39. The third-order valence-corrected chi connectivity index (χ3v) is 3.96. The van der Waals surface area contributed by atoms with Crippen LogP contribution in [0.1, 0.15) is 0 Å². The van der Waals surface area contributed by atoms with Crippen molar-refractivity contribution in [3.63, 3.8) is 0 Å². The van der Waals surface area contributed by atoms with E-state index in [1.807, 2.05) is 12.1 Å². The van der Waals surface area contributed by atoms with Gasteiger partial charge in [-0.3, -0.25) is 9.97 Å². The molecule has 0 unspecified atom stereocenters. The van der Waals surface area contributed by atoms with Crippen LogP contribution in [0.15, 0.2) is 47.6 Å². The molecule has 0 bridgehead atoms. The monoisotopic (exact) mass is 258 g/mol. The van der Waals surface area contributed by atoms with Gasteiger partial charge in [0.15, 0.2) is 9.84 Å². The lowest BCUT2D eigenvalue weighted by atomic mass is 10.1. The van der Waals surface area contributed by atoms with Gasteiger partial charge in [0.05, 0.1) is 22.1 Å². The first-order chi connectivity index (χ1) is 8.55. The average molecular weight is 258 g/mol. The van der Waals surface area contributed by atoms with E-state index >= 15 is 0 Å². The van der Waals surface area contributed by atoms with Crippen LogP contribution in [0.3, 0.4) is 0 Å². The molecule has 5 heteroatoms. The summed E-state index contributed by atoms with van der Waals surface area (Å²) < 4.78 is 23.0. The fourth-order valence-corrected chi connectivity index (χ4v) is 2.60. The van der Waals surface area contributed by atoms with Crippen molar-refractivity contribution in [2.24, 2.45) is 0 Å². The van der Waals surface area contributed by atoms with Gasteiger partial charge in [-0.1, -0.05) is 12.1 Å². The molecule has 0 saturated carbocycles. The Hall–Kier alpha value is -2.01. The molecule has 4 nitrogen and oxygen atoms in total. The minimum absolute atomic E-state index is 0.283. The standard InChI is InChI=1S/C13H10N2O2S/c1-18(16,17)9-4-5-11-10-3-2-6-14-13(10)8-15-12(11)7-9/h2-8H,1H3. The molecule has 90 valence electrons. The summed E-state index contributed by atoms with van der Waals surface area (Å²) in [5, 5.41) is 1.88. The van der Waals surface area contributed by atoms with E-state index in [4.69, 9.17) is 0 Å². The van der Waals surface area contributed by atoms with Gasteiger partial charge in [0.25, 0.3) is 0 Å². The topological polar surface area (TPSA) is 59.9 Å². The summed E-state index contributed by atoms with van der Waals surface area (Å²) in [6, 6.07) is 8.78. The molecule has 0 amide bonds. The molecule has 3 aromatic rings. The van der Waals surface area contributed by atoms with Crippen molar-refractivity contribution in [3.8, 4) is 0 Å². The summed E-state index contributed by atoms with van der Waals surface area (Å²) in [7, 11) is -3.20. The van der Waals surface area contributed by atoms with Crippen LogP contribution in [0, 0.1) is 0 Å². The predicted molar refractivity (Wildman–Crippen MR) is 70.2 cm³/mol. The number of hydrogen-bond acceptors (Lipinski definition) is 4. The van der Waals surface area contributed by atoms with Gasteiger partial charge < -0.3 is 0 Å². The van der Waals surface area contributed by atoms with E-state index in [0.717, 1.165) is 16.3 Å². The highest BCUT2D eigenvalue weighted by molar-refractivity contribution is 7.90. The second-order valence-corrected chi connectivity index (χ2v) is 6.16. The number of hydrogen-bond donors (Lipinski definition) is 0. The number of benzene rings is 1. The van der Waals surface area contributed by atoms with Crippen molar-refractivity contribution in [2.45, 2.75) is 4.90 Å². The second-order valence-electron chi connectivity index (χ2n) is 4.15. The number of rotatable bonds is 1. The van der Waals surface area contributed by atoms with Gasteiger partial charge in [-0.25, -0.2) is 8.42 Å². The largest absolute Gasteiger partial charge is 0.255 e. The van der Waals surface area contributed by atoms with Crippen molar-refractivity contribution < 1.29 is 8.42 Å². The molecule has 0 N–H and O–H groups in total. The molecule has 2 aromatic heterocycles. The Kier molecular flexibility index (Phi) is 2.31. The normalized spacial score (nSPS) is 12.1. The Morgan fingerprint density at radius 2 is 1.78 bits per heavy atom. The summed E-state index contributed by atoms with van der Waals surface area (Å²) in [6.45, 7) is 0. The molecule has 2 heterocycles. The summed E-state index contributed by atoms with van der Waals surface area (Å²) in [5.74, 6) is 0. The minimum atomic E-state index is -3.20. The average Bonchev–Trinajstić information content (AvgIpc) is 2.37. The van der Waals surface area contributed by atoms with Crippen molar-refractivity contribution in [1.29, 1.82) is 0 Å². The first-order valence-corrected chi connectivity index (χ1v) is 7.28. The number of pyridine rings is 2. The van der Waals surface area contributed by atoms with Gasteiger partial charge in [-0.2, -0.15) is 0 Å². The Bertz CT molecular complexity index is 857. The first kappa shape index (κ1) is 11.1. The van der Waals surface area contributed by atoms with Crippen LogP contribution in [0.4, 0.5) is 0 Å². The Morgan fingerprint density at radius 3 is 2.56 bits per heavy atom. The van der Waals surface area contributed by atoms with E-state index < -0.39 is 9.84 Å². The number of nitrogens with zero attached hydrogens (tertiary/aromatic N) is 2. The molecular formula is C13H10N2O2S. The minimum Gasteiger partial charge on any atom is -0.255 e.